The largest absolute Gasteiger partial charge is 0.444 e. The minimum absolute atomic E-state index is 0.0881. The fourth-order valence-electron chi connectivity index (χ4n) is 3.92. The fraction of sp³-hybridized carbons (Fsp3) is 0.667. The van der Waals surface area contributed by atoms with E-state index in [1.165, 1.54) is 5.56 Å². The minimum atomic E-state index is -0.480. The van der Waals surface area contributed by atoms with Crippen LogP contribution in [0, 0.1) is 0 Å². The van der Waals surface area contributed by atoms with Crippen molar-refractivity contribution in [1.82, 2.24) is 15.1 Å². The maximum atomic E-state index is 12.3. The van der Waals surface area contributed by atoms with Gasteiger partial charge in [-0.1, -0.05) is 30.3 Å². The van der Waals surface area contributed by atoms with Gasteiger partial charge in [-0.05, 0) is 32.8 Å². The summed E-state index contributed by atoms with van der Waals surface area (Å²) in [6, 6.07) is 11.0. The molecule has 1 amide bonds. The zero-order valence-corrected chi connectivity index (χ0v) is 16.8. The Morgan fingerprint density at radius 2 is 1.89 bits per heavy atom. The molecule has 2 saturated heterocycles. The number of carbonyl (C=O) groups excluding carboxylic acids is 1. The van der Waals surface area contributed by atoms with Crippen molar-refractivity contribution in [3.8, 4) is 0 Å². The molecular weight excluding hydrogens is 342 g/mol. The molecule has 2 fully saturated rings. The average Bonchev–Trinajstić information content (AvgIpc) is 2.61. The predicted molar refractivity (Wildman–Crippen MR) is 106 cm³/mol. The molecule has 1 N–H and O–H groups in total. The highest BCUT2D eigenvalue weighted by atomic mass is 16.6. The lowest BCUT2D eigenvalue weighted by Gasteiger charge is -2.44. The van der Waals surface area contributed by atoms with Gasteiger partial charge in [0.2, 0.25) is 0 Å². The van der Waals surface area contributed by atoms with E-state index in [9.17, 15) is 4.79 Å². The van der Waals surface area contributed by atoms with Crippen molar-refractivity contribution in [3.05, 3.63) is 35.9 Å². The average molecular weight is 376 g/mol. The van der Waals surface area contributed by atoms with E-state index in [2.05, 4.69) is 39.4 Å². The Balaban J connectivity index is 1.65. The van der Waals surface area contributed by atoms with E-state index in [1.807, 2.05) is 26.8 Å². The van der Waals surface area contributed by atoms with Gasteiger partial charge < -0.3 is 14.8 Å². The van der Waals surface area contributed by atoms with Crippen molar-refractivity contribution >= 4 is 6.09 Å². The second-order valence-electron chi connectivity index (χ2n) is 8.56. The number of likely N-dealkylation sites (tertiary alicyclic amines) is 1. The molecule has 1 aromatic rings. The number of carbonyl (C=O) groups is 1. The van der Waals surface area contributed by atoms with Crippen LogP contribution in [0.5, 0.6) is 0 Å². The highest BCUT2D eigenvalue weighted by Crippen LogP contribution is 2.20. The van der Waals surface area contributed by atoms with Gasteiger partial charge in [0.25, 0.3) is 0 Å². The van der Waals surface area contributed by atoms with Crippen molar-refractivity contribution in [3.63, 3.8) is 0 Å². The van der Waals surface area contributed by atoms with Gasteiger partial charge in [0.15, 0.2) is 0 Å². The molecule has 150 valence electrons. The lowest BCUT2D eigenvalue weighted by Crippen LogP contribution is -2.58. The molecule has 2 heterocycles. The molecule has 2 aliphatic rings. The van der Waals surface area contributed by atoms with Gasteiger partial charge in [-0.3, -0.25) is 9.80 Å². The molecule has 0 unspecified atom stereocenters. The van der Waals surface area contributed by atoms with E-state index in [1.54, 1.807) is 0 Å². The monoisotopic (exact) mass is 375 g/mol. The molecule has 0 spiro atoms. The second-order valence-corrected chi connectivity index (χ2v) is 8.56. The summed E-state index contributed by atoms with van der Waals surface area (Å²) in [4.78, 5) is 17.2. The van der Waals surface area contributed by atoms with E-state index in [4.69, 9.17) is 9.47 Å². The summed E-state index contributed by atoms with van der Waals surface area (Å²) in [6.45, 7) is 11.9. The SMILES string of the molecule is CC(C)(C)OC(=O)N[C@H]1C[C@H](N2CCOCC2)CN(Cc2ccccc2)C1. The summed E-state index contributed by atoms with van der Waals surface area (Å²) in [5.74, 6) is 0. The number of amides is 1. The maximum Gasteiger partial charge on any atom is 0.407 e. The summed E-state index contributed by atoms with van der Waals surface area (Å²) >= 11 is 0. The van der Waals surface area contributed by atoms with Crippen LogP contribution >= 0.6 is 0 Å². The molecule has 3 rings (SSSR count). The Bertz CT molecular complexity index is 596. The fourth-order valence-corrected chi connectivity index (χ4v) is 3.92. The maximum absolute atomic E-state index is 12.3. The summed E-state index contributed by atoms with van der Waals surface area (Å²) in [7, 11) is 0. The van der Waals surface area contributed by atoms with E-state index in [0.717, 1.165) is 52.4 Å². The Morgan fingerprint density at radius 1 is 1.19 bits per heavy atom. The molecular formula is C21H33N3O3. The first-order chi connectivity index (χ1) is 12.9. The first kappa shape index (κ1) is 20.1. The smallest absolute Gasteiger partial charge is 0.407 e. The highest BCUT2D eigenvalue weighted by Gasteiger charge is 2.33. The summed E-state index contributed by atoms with van der Waals surface area (Å²) in [5, 5.41) is 3.10. The minimum Gasteiger partial charge on any atom is -0.444 e. The van der Waals surface area contributed by atoms with Gasteiger partial charge in [-0.2, -0.15) is 0 Å². The van der Waals surface area contributed by atoms with Crippen molar-refractivity contribution in [1.29, 1.82) is 0 Å². The number of hydrogen-bond acceptors (Lipinski definition) is 5. The van der Waals surface area contributed by atoms with Crippen LogP contribution in [-0.4, -0.2) is 73.0 Å². The lowest BCUT2D eigenvalue weighted by atomic mass is 9.98. The lowest BCUT2D eigenvalue weighted by molar-refractivity contribution is -0.0107. The zero-order chi connectivity index (χ0) is 19.3. The molecule has 6 nitrogen and oxygen atoms in total. The Labute approximate surface area is 162 Å². The third kappa shape index (κ3) is 6.48. The first-order valence-corrected chi connectivity index (χ1v) is 9.96. The molecule has 0 radical (unpaired) electrons. The number of hydrogen-bond donors (Lipinski definition) is 1. The van der Waals surface area contributed by atoms with E-state index in [0.29, 0.717) is 6.04 Å². The van der Waals surface area contributed by atoms with Gasteiger partial charge in [-0.25, -0.2) is 4.79 Å². The van der Waals surface area contributed by atoms with Crippen LogP contribution in [-0.2, 0) is 16.0 Å². The van der Waals surface area contributed by atoms with Crippen LogP contribution < -0.4 is 5.32 Å². The summed E-state index contributed by atoms with van der Waals surface area (Å²) < 4.78 is 11.0. The number of benzene rings is 1. The third-order valence-corrected chi connectivity index (χ3v) is 5.04. The summed E-state index contributed by atoms with van der Waals surface area (Å²) in [6.07, 6.45) is 0.625. The molecule has 0 aromatic heterocycles. The van der Waals surface area contributed by atoms with Crippen LogP contribution in [0.4, 0.5) is 4.79 Å². The predicted octanol–water partition coefficient (Wildman–Crippen LogP) is 2.49. The molecule has 2 atom stereocenters. The number of nitrogens with one attached hydrogen (secondary N) is 1. The zero-order valence-electron chi connectivity index (χ0n) is 16.8. The number of morpholine rings is 1. The second kappa shape index (κ2) is 9.04. The van der Waals surface area contributed by atoms with Crippen molar-refractivity contribution in [2.45, 2.75) is 51.4 Å². The van der Waals surface area contributed by atoms with Crippen LogP contribution in [0.15, 0.2) is 30.3 Å². The topological polar surface area (TPSA) is 54.0 Å². The Kier molecular flexibility index (Phi) is 6.73. The van der Waals surface area contributed by atoms with E-state index < -0.39 is 5.60 Å². The number of alkyl carbamates (subject to hydrolysis) is 1. The number of piperidine rings is 1. The Morgan fingerprint density at radius 3 is 2.56 bits per heavy atom. The van der Waals surface area contributed by atoms with Gasteiger partial charge in [0, 0.05) is 44.8 Å². The summed E-state index contributed by atoms with van der Waals surface area (Å²) in [5.41, 5.74) is 0.822. The molecule has 0 saturated carbocycles. The number of ether oxygens (including phenoxy) is 2. The van der Waals surface area contributed by atoms with Gasteiger partial charge in [-0.15, -0.1) is 0 Å². The van der Waals surface area contributed by atoms with Gasteiger partial charge in [0.1, 0.15) is 5.60 Å². The van der Waals surface area contributed by atoms with Crippen LogP contribution in [0.25, 0.3) is 0 Å². The normalized spacial score (nSPS) is 25.1. The van der Waals surface area contributed by atoms with Crippen molar-refractivity contribution in [2.75, 3.05) is 39.4 Å². The van der Waals surface area contributed by atoms with Crippen LogP contribution in [0.3, 0.4) is 0 Å². The number of rotatable bonds is 4. The van der Waals surface area contributed by atoms with Crippen LogP contribution in [0.2, 0.25) is 0 Å². The molecule has 2 aliphatic heterocycles. The first-order valence-electron chi connectivity index (χ1n) is 9.96. The van der Waals surface area contributed by atoms with Crippen molar-refractivity contribution < 1.29 is 14.3 Å². The number of nitrogens with zero attached hydrogens (tertiary/aromatic N) is 2. The molecule has 1 aromatic carbocycles. The molecule has 0 aliphatic carbocycles. The van der Waals surface area contributed by atoms with E-state index in [-0.39, 0.29) is 12.1 Å². The standard InChI is InChI=1S/C21H33N3O3/c1-21(2,3)27-20(25)22-18-13-19(24-9-11-26-12-10-24)16-23(15-18)14-17-7-5-4-6-8-17/h4-8,18-19H,9-16H2,1-3H3,(H,22,25)/t18-,19-/m0/s1. The molecule has 6 heteroatoms. The Hall–Kier alpha value is -1.63. The highest BCUT2D eigenvalue weighted by molar-refractivity contribution is 5.68. The molecule has 27 heavy (non-hydrogen) atoms. The molecule has 0 bridgehead atoms. The quantitative estimate of drug-likeness (QED) is 0.876. The van der Waals surface area contributed by atoms with Gasteiger partial charge in [0.05, 0.1) is 13.2 Å². The van der Waals surface area contributed by atoms with Gasteiger partial charge >= 0.3 is 6.09 Å². The third-order valence-electron chi connectivity index (χ3n) is 5.04. The van der Waals surface area contributed by atoms with Crippen molar-refractivity contribution in [2.24, 2.45) is 0 Å². The van der Waals surface area contributed by atoms with E-state index >= 15 is 0 Å². The van der Waals surface area contributed by atoms with Crippen LogP contribution in [0.1, 0.15) is 32.8 Å².